The molecule has 0 heterocycles. The van der Waals surface area contributed by atoms with Gasteiger partial charge in [-0.3, -0.25) is 4.79 Å². The lowest BCUT2D eigenvalue weighted by atomic mass is 10.1. The van der Waals surface area contributed by atoms with Gasteiger partial charge in [0, 0.05) is 5.56 Å². The number of hydrogen-bond donors (Lipinski definition) is 0. The summed E-state index contributed by atoms with van der Waals surface area (Å²) in [6, 6.07) is 4.97. The van der Waals surface area contributed by atoms with E-state index in [0.717, 1.165) is 6.42 Å². The van der Waals surface area contributed by atoms with Crippen molar-refractivity contribution < 1.29 is 14.3 Å². The number of carbonyl (C=O) groups is 1. The van der Waals surface area contributed by atoms with Crippen LogP contribution in [0, 0.1) is 0 Å². The third-order valence-electron chi connectivity index (χ3n) is 2.92. The Morgan fingerprint density at radius 3 is 2.56 bits per heavy atom. The second-order valence-electron chi connectivity index (χ2n) is 4.67. The Hall–Kier alpha value is -1.06. The summed E-state index contributed by atoms with van der Waals surface area (Å²) in [5.74, 6) is 0.476. The molecule has 3 nitrogen and oxygen atoms in total. The van der Waals surface area contributed by atoms with E-state index >= 15 is 0 Å². The molecule has 0 bridgehead atoms. The summed E-state index contributed by atoms with van der Waals surface area (Å²) in [6.45, 7) is 6.00. The molecule has 0 saturated heterocycles. The first kappa shape index (κ1) is 15.0. The fourth-order valence-corrected chi connectivity index (χ4v) is 1.54. The Morgan fingerprint density at radius 2 is 2.06 bits per heavy atom. The van der Waals surface area contributed by atoms with Gasteiger partial charge in [-0.2, -0.15) is 0 Å². The zero-order valence-corrected chi connectivity index (χ0v) is 12.0. The third kappa shape index (κ3) is 4.00. The molecular formula is C14H19ClO3. The van der Waals surface area contributed by atoms with Crippen LogP contribution < -0.4 is 4.74 Å². The standard InChI is InChI=1S/C14H19ClO3/c1-5-14(2,3)18-9-12(16)10-6-7-13(17-4)11(15)8-10/h6-8H,5,9H2,1-4H3. The van der Waals surface area contributed by atoms with Crippen LogP contribution in [-0.2, 0) is 4.74 Å². The summed E-state index contributed by atoms with van der Waals surface area (Å²) in [7, 11) is 1.54. The monoisotopic (exact) mass is 270 g/mol. The van der Waals surface area contributed by atoms with Crippen molar-refractivity contribution in [3.05, 3.63) is 28.8 Å². The number of rotatable bonds is 6. The second-order valence-corrected chi connectivity index (χ2v) is 5.08. The van der Waals surface area contributed by atoms with Gasteiger partial charge in [0.15, 0.2) is 5.78 Å². The van der Waals surface area contributed by atoms with Crippen molar-refractivity contribution >= 4 is 17.4 Å². The van der Waals surface area contributed by atoms with Gasteiger partial charge >= 0.3 is 0 Å². The molecular weight excluding hydrogens is 252 g/mol. The average Bonchev–Trinajstić information content (AvgIpc) is 2.36. The van der Waals surface area contributed by atoms with Crippen LogP contribution in [0.4, 0.5) is 0 Å². The minimum atomic E-state index is -0.286. The van der Waals surface area contributed by atoms with Gasteiger partial charge in [0.1, 0.15) is 12.4 Å². The first-order valence-electron chi connectivity index (χ1n) is 5.90. The zero-order chi connectivity index (χ0) is 13.8. The highest BCUT2D eigenvalue weighted by Gasteiger charge is 2.18. The number of benzene rings is 1. The summed E-state index contributed by atoms with van der Waals surface area (Å²) in [5, 5.41) is 0.429. The Labute approximate surface area is 113 Å². The minimum Gasteiger partial charge on any atom is -0.495 e. The van der Waals surface area contributed by atoms with Crippen molar-refractivity contribution in [2.75, 3.05) is 13.7 Å². The smallest absolute Gasteiger partial charge is 0.188 e. The Balaban J connectivity index is 2.71. The minimum absolute atomic E-state index is 0.0590. The van der Waals surface area contributed by atoms with E-state index < -0.39 is 0 Å². The van der Waals surface area contributed by atoms with Crippen molar-refractivity contribution in [2.45, 2.75) is 32.8 Å². The van der Waals surface area contributed by atoms with Crippen LogP contribution in [0.2, 0.25) is 5.02 Å². The van der Waals surface area contributed by atoms with Gasteiger partial charge in [-0.05, 0) is 38.5 Å². The Morgan fingerprint density at radius 1 is 1.39 bits per heavy atom. The van der Waals surface area contributed by atoms with Gasteiger partial charge in [0.05, 0.1) is 17.7 Å². The van der Waals surface area contributed by atoms with Crippen LogP contribution in [0.5, 0.6) is 5.75 Å². The van der Waals surface area contributed by atoms with E-state index in [9.17, 15) is 4.79 Å². The van der Waals surface area contributed by atoms with Gasteiger partial charge in [0.25, 0.3) is 0 Å². The molecule has 0 aromatic heterocycles. The third-order valence-corrected chi connectivity index (χ3v) is 3.21. The lowest BCUT2D eigenvalue weighted by Crippen LogP contribution is -2.26. The van der Waals surface area contributed by atoms with Crippen LogP contribution in [-0.4, -0.2) is 25.1 Å². The van der Waals surface area contributed by atoms with E-state index in [1.54, 1.807) is 18.2 Å². The molecule has 0 N–H and O–H groups in total. The maximum Gasteiger partial charge on any atom is 0.188 e. The highest BCUT2D eigenvalue weighted by molar-refractivity contribution is 6.32. The van der Waals surface area contributed by atoms with Gasteiger partial charge < -0.3 is 9.47 Å². The normalized spacial score (nSPS) is 11.4. The maximum atomic E-state index is 11.9. The lowest BCUT2D eigenvalue weighted by Gasteiger charge is -2.22. The highest BCUT2D eigenvalue weighted by Crippen LogP contribution is 2.25. The fourth-order valence-electron chi connectivity index (χ4n) is 1.29. The molecule has 0 aliphatic carbocycles. The molecule has 0 aliphatic rings. The van der Waals surface area contributed by atoms with Gasteiger partial charge in [-0.15, -0.1) is 0 Å². The Bertz CT molecular complexity index is 427. The van der Waals surface area contributed by atoms with Gasteiger partial charge in [-0.25, -0.2) is 0 Å². The average molecular weight is 271 g/mol. The van der Waals surface area contributed by atoms with Crippen molar-refractivity contribution in [2.24, 2.45) is 0 Å². The number of Topliss-reactive ketones (excluding diaryl/α,β-unsaturated/α-hetero) is 1. The summed E-state index contributed by atoms with van der Waals surface area (Å²) < 4.78 is 10.6. The second kappa shape index (κ2) is 6.21. The number of methoxy groups -OCH3 is 1. The number of ether oxygens (including phenoxy) is 2. The quantitative estimate of drug-likeness (QED) is 0.739. The molecule has 0 aliphatic heterocycles. The molecule has 0 radical (unpaired) electrons. The summed E-state index contributed by atoms with van der Waals surface area (Å²) in [6.07, 6.45) is 0.851. The van der Waals surface area contributed by atoms with Crippen LogP contribution in [0.15, 0.2) is 18.2 Å². The predicted octanol–water partition coefficient (Wildman–Crippen LogP) is 3.74. The summed E-state index contributed by atoms with van der Waals surface area (Å²) in [4.78, 5) is 11.9. The van der Waals surface area contributed by atoms with E-state index in [4.69, 9.17) is 21.1 Å². The van der Waals surface area contributed by atoms with E-state index in [-0.39, 0.29) is 18.0 Å². The van der Waals surface area contributed by atoms with Gasteiger partial charge in [-0.1, -0.05) is 18.5 Å². The van der Waals surface area contributed by atoms with E-state index in [0.29, 0.717) is 16.3 Å². The number of hydrogen-bond acceptors (Lipinski definition) is 3. The Kier molecular flexibility index (Phi) is 5.17. The molecule has 1 aromatic rings. The topological polar surface area (TPSA) is 35.5 Å². The molecule has 0 atom stereocenters. The predicted molar refractivity (Wildman–Crippen MR) is 72.7 cm³/mol. The fraction of sp³-hybridized carbons (Fsp3) is 0.500. The first-order valence-corrected chi connectivity index (χ1v) is 6.28. The number of carbonyl (C=O) groups excluding carboxylic acids is 1. The SMILES string of the molecule is CCC(C)(C)OCC(=O)c1ccc(OC)c(Cl)c1. The molecule has 0 unspecified atom stereocenters. The molecule has 0 amide bonds. The van der Waals surface area contributed by atoms with Crippen molar-refractivity contribution in [1.29, 1.82) is 0 Å². The van der Waals surface area contributed by atoms with Crippen LogP contribution >= 0.6 is 11.6 Å². The molecule has 0 fully saturated rings. The van der Waals surface area contributed by atoms with Crippen LogP contribution in [0.1, 0.15) is 37.6 Å². The molecule has 0 saturated carbocycles. The maximum absolute atomic E-state index is 11.9. The molecule has 1 aromatic carbocycles. The lowest BCUT2D eigenvalue weighted by molar-refractivity contribution is -0.0122. The molecule has 0 spiro atoms. The zero-order valence-electron chi connectivity index (χ0n) is 11.2. The molecule has 1 rings (SSSR count). The van der Waals surface area contributed by atoms with E-state index in [1.165, 1.54) is 7.11 Å². The summed E-state index contributed by atoms with van der Waals surface area (Å²) in [5.41, 5.74) is 0.249. The summed E-state index contributed by atoms with van der Waals surface area (Å²) >= 11 is 5.97. The molecule has 100 valence electrons. The van der Waals surface area contributed by atoms with Gasteiger partial charge in [0.2, 0.25) is 0 Å². The van der Waals surface area contributed by atoms with Crippen molar-refractivity contribution in [3.8, 4) is 5.75 Å². The van der Waals surface area contributed by atoms with Crippen LogP contribution in [0.3, 0.4) is 0 Å². The van der Waals surface area contributed by atoms with Crippen molar-refractivity contribution in [1.82, 2.24) is 0 Å². The first-order chi connectivity index (χ1) is 8.39. The number of halogens is 1. The molecule has 4 heteroatoms. The van der Waals surface area contributed by atoms with E-state index in [2.05, 4.69) is 0 Å². The number of ketones is 1. The largest absolute Gasteiger partial charge is 0.495 e. The van der Waals surface area contributed by atoms with Crippen LogP contribution in [0.25, 0.3) is 0 Å². The van der Waals surface area contributed by atoms with E-state index in [1.807, 2.05) is 20.8 Å². The highest BCUT2D eigenvalue weighted by atomic mass is 35.5. The van der Waals surface area contributed by atoms with Crippen molar-refractivity contribution in [3.63, 3.8) is 0 Å². The molecule has 18 heavy (non-hydrogen) atoms.